The molecule has 24 heteroatoms. The summed E-state index contributed by atoms with van der Waals surface area (Å²) < 4.78 is 88.1. The molecule has 0 bridgehead atoms. The van der Waals surface area contributed by atoms with Crippen molar-refractivity contribution in [2.24, 2.45) is 22.2 Å². The number of rotatable bonds is 4. The van der Waals surface area contributed by atoms with E-state index in [0.29, 0.717) is 12.1 Å². The summed E-state index contributed by atoms with van der Waals surface area (Å²) >= 11 is 0. The average Bonchev–Trinajstić information content (AvgIpc) is 3.25. The summed E-state index contributed by atoms with van der Waals surface area (Å²) in [6.45, 7) is -0.302. The number of phosphoric acid groups is 1. The van der Waals surface area contributed by atoms with Gasteiger partial charge in [0.15, 0.2) is 23.4 Å². The van der Waals surface area contributed by atoms with E-state index in [4.69, 9.17) is 41.9 Å². The highest BCUT2D eigenvalue weighted by Crippen LogP contribution is 2.29. The summed E-state index contributed by atoms with van der Waals surface area (Å²) in [7, 11) is -1.26. The Morgan fingerprint density at radius 1 is 1.11 bits per heavy atom. The van der Waals surface area contributed by atoms with Crippen molar-refractivity contribution in [1.29, 1.82) is 5.41 Å². The van der Waals surface area contributed by atoms with E-state index in [1.165, 1.54) is 9.80 Å². The molecule has 12 N–H and O–H groups in total. The lowest BCUT2D eigenvalue weighted by Gasteiger charge is -2.29. The Kier molecular flexibility index (Phi) is 17.1. The van der Waals surface area contributed by atoms with Crippen molar-refractivity contribution in [3.63, 3.8) is 0 Å². The normalized spacial score (nSPS) is 12.9. The summed E-state index contributed by atoms with van der Waals surface area (Å²) in [5, 5.41) is 13.6. The molecule has 1 aromatic carbocycles. The van der Waals surface area contributed by atoms with E-state index >= 15 is 0 Å². The molecule has 1 aliphatic rings. The molecule has 2 heterocycles. The highest BCUT2D eigenvalue weighted by Gasteiger charge is 2.40. The van der Waals surface area contributed by atoms with E-state index in [1.807, 2.05) is 0 Å². The molecule has 0 spiro atoms. The van der Waals surface area contributed by atoms with Gasteiger partial charge < -0.3 is 51.7 Å². The van der Waals surface area contributed by atoms with Crippen molar-refractivity contribution in [2.45, 2.75) is 38.1 Å². The van der Waals surface area contributed by atoms with Crippen molar-refractivity contribution >= 4 is 38.1 Å². The predicted octanol–water partition coefficient (Wildman–Crippen LogP) is -0.559. The first-order valence-electron chi connectivity index (χ1n) is 11.4. The largest absolute Gasteiger partial charge is 0.466 e. The van der Waals surface area contributed by atoms with Crippen LogP contribution in [0.4, 0.5) is 26.3 Å². The van der Waals surface area contributed by atoms with Gasteiger partial charge in [0.05, 0.1) is 6.54 Å². The fraction of sp³-hybridized carbons (Fsp3) is 0.450. The summed E-state index contributed by atoms with van der Waals surface area (Å²) in [4.78, 5) is 40.1. The van der Waals surface area contributed by atoms with Gasteiger partial charge in [-0.15, -0.1) is 22.6 Å². The van der Waals surface area contributed by atoms with E-state index < -0.39 is 49.2 Å². The molecule has 252 valence electrons. The van der Waals surface area contributed by atoms with Gasteiger partial charge in [0.2, 0.25) is 17.7 Å². The molecule has 44 heavy (non-hydrogen) atoms. The van der Waals surface area contributed by atoms with E-state index in [0.717, 1.165) is 4.57 Å². The first-order valence-corrected chi connectivity index (χ1v) is 13.0. The Labute approximate surface area is 252 Å². The monoisotopic (exact) mass is 688 g/mol. The summed E-state index contributed by atoms with van der Waals surface area (Å²) in [5.74, 6) is -5.19. The van der Waals surface area contributed by atoms with Crippen molar-refractivity contribution in [2.75, 3.05) is 20.6 Å². The number of aromatic nitrogens is 3. The molecule has 0 saturated carbocycles. The Balaban J connectivity index is 0. The second-order valence-electron chi connectivity index (χ2n) is 8.70. The van der Waals surface area contributed by atoms with Crippen LogP contribution in [0.5, 0.6) is 0 Å². The van der Waals surface area contributed by atoms with Crippen molar-refractivity contribution in [3.8, 4) is 0 Å². The zero-order chi connectivity index (χ0) is 32.6. The molecule has 3 rings (SSSR count). The van der Waals surface area contributed by atoms with Gasteiger partial charge in [-0.1, -0.05) is 0 Å². The highest BCUT2D eigenvalue weighted by molar-refractivity contribution is 7.45. The molecule has 16 nitrogen and oxygen atoms in total. The number of nitrogens with zero attached hydrogens (tertiary/aromatic N) is 6. The molecule has 0 radical (unpaired) electrons. The first-order chi connectivity index (χ1) is 19.1. The number of benzene rings is 1. The van der Waals surface area contributed by atoms with E-state index in [1.54, 1.807) is 14.1 Å². The van der Waals surface area contributed by atoms with E-state index in [9.17, 15) is 31.1 Å². The van der Waals surface area contributed by atoms with Crippen LogP contribution >= 0.6 is 20.2 Å². The Morgan fingerprint density at radius 3 is 2.09 bits per heavy atom. The third-order valence-electron chi connectivity index (χ3n) is 5.03. The molecule has 1 amide bonds. The molecular formula is C20H32ClF6N10O6P. The maximum absolute atomic E-state index is 13.7. The highest BCUT2D eigenvalue weighted by atomic mass is 35.5. The minimum Gasteiger partial charge on any atom is -0.412 e. The van der Waals surface area contributed by atoms with Crippen LogP contribution in [0, 0.1) is 22.9 Å². The smallest absolute Gasteiger partial charge is 0.412 e. The zero-order valence-corrected chi connectivity index (χ0v) is 24.7. The summed E-state index contributed by atoms with van der Waals surface area (Å²) in [6, 6.07) is 0.184. The summed E-state index contributed by atoms with van der Waals surface area (Å²) in [6.07, 6.45) is -5.11. The van der Waals surface area contributed by atoms with Gasteiger partial charge in [-0.25, -0.2) is 17.7 Å². The van der Waals surface area contributed by atoms with E-state index in [-0.39, 0.29) is 73.7 Å². The maximum atomic E-state index is 13.7. The molecule has 1 aliphatic heterocycles. The first kappa shape index (κ1) is 42.6. The number of fused-ring (bicyclic) bond motifs is 1. The lowest BCUT2D eigenvalue weighted by Crippen LogP contribution is -2.42. The molecule has 1 atom stereocenters. The zero-order valence-electron chi connectivity index (χ0n) is 23.0. The fourth-order valence-electron chi connectivity index (χ4n) is 3.23. The lowest BCUT2D eigenvalue weighted by molar-refractivity contribution is -0.148. The molecule has 1 aromatic heterocycles. The van der Waals surface area contributed by atoms with E-state index in [2.05, 4.69) is 15.2 Å². The number of nitrogens with one attached hydrogen (secondary N) is 1. The number of hydrogen-bond acceptors (Lipinski definition) is 6. The second kappa shape index (κ2) is 17.7. The number of hydrogen-bond donors (Lipinski definition) is 7. The van der Waals surface area contributed by atoms with Gasteiger partial charge in [0.1, 0.15) is 5.82 Å². The second-order valence-corrected chi connectivity index (χ2v) is 9.73. The summed E-state index contributed by atoms with van der Waals surface area (Å²) in [5.41, 5.74) is 15.6. The van der Waals surface area contributed by atoms with Crippen LogP contribution in [-0.4, -0.2) is 89.2 Å². The van der Waals surface area contributed by atoms with Gasteiger partial charge in [-0.05, 0) is 18.1 Å². The van der Waals surface area contributed by atoms with Gasteiger partial charge >= 0.3 is 14.0 Å². The standard InChI is InChI=1S/C16H15F6N5O.C4H11N5.ClH.H3O4P.H2O/c17-10-6-12(19)11(18)4-8(10)3-9(23)5-14(28)26-1-2-27-13(7-26)24-25-15(27)16(20,21)22;1-9(2)4(7)8-3(5)6;;1-5(2,3)4;/h4,6,9H,1-3,5,7,23H2;1-2H3,(H5,5,6,7,8);1H;(H3,1,2,3,4);1H2/t9-;;;;/m1..../s1. The average molecular weight is 689 g/mol. The lowest BCUT2D eigenvalue weighted by atomic mass is 10.0. The van der Waals surface area contributed by atoms with Crippen molar-refractivity contribution in [3.05, 3.63) is 46.8 Å². The van der Waals surface area contributed by atoms with Crippen LogP contribution < -0.4 is 17.2 Å². The number of carbonyl (C=O) groups excluding carboxylic acids is 1. The third kappa shape index (κ3) is 14.8. The van der Waals surface area contributed by atoms with Crippen LogP contribution in [0.25, 0.3) is 0 Å². The van der Waals surface area contributed by atoms with Crippen molar-refractivity contribution in [1.82, 2.24) is 24.6 Å². The molecular weight excluding hydrogens is 657 g/mol. The van der Waals surface area contributed by atoms with Crippen LogP contribution in [0.15, 0.2) is 17.1 Å². The minimum absolute atomic E-state index is 0. The van der Waals surface area contributed by atoms with Gasteiger partial charge in [0.25, 0.3) is 0 Å². The van der Waals surface area contributed by atoms with Gasteiger partial charge in [-0.2, -0.15) is 18.2 Å². The van der Waals surface area contributed by atoms with Gasteiger partial charge in [0, 0.05) is 45.7 Å². The number of carbonyl (C=O) groups is 1. The van der Waals surface area contributed by atoms with Crippen LogP contribution in [0.3, 0.4) is 0 Å². The minimum atomic E-state index is -4.64. The number of guanidine groups is 2. The molecule has 0 saturated heterocycles. The Morgan fingerprint density at radius 2 is 1.64 bits per heavy atom. The topological polar surface area (TPSA) is 278 Å². The van der Waals surface area contributed by atoms with Gasteiger partial charge in [-0.3, -0.25) is 10.2 Å². The van der Waals surface area contributed by atoms with Crippen LogP contribution in [0.1, 0.15) is 23.6 Å². The molecule has 2 aromatic rings. The van der Waals surface area contributed by atoms with Crippen molar-refractivity contribution < 1.29 is 55.9 Å². The number of halogens is 7. The Bertz CT molecular complexity index is 1330. The quantitative estimate of drug-likeness (QED) is 0.0703. The van der Waals surface area contributed by atoms with Crippen LogP contribution in [0.2, 0.25) is 0 Å². The van der Waals surface area contributed by atoms with Crippen LogP contribution in [-0.2, 0) is 35.0 Å². The maximum Gasteiger partial charge on any atom is 0.466 e. The number of amides is 1. The number of aliphatic imine (C=N–C) groups is 1. The molecule has 0 aliphatic carbocycles. The number of nitrogens with two attached hydrogens (primary N) is 3. The Hall–Kier alpha value is -3.53. The number of alkyl halides is 3. The molecule has 0 fully saturated rings. The fourth-order valence-corrected chi connectivity index (χ4v) is 3.23. The predicted molar refractivity (Wildman–Crippen MR) is 145 cm³/mol. The third-order valence-corrected chi connectivity index (χ3v) is 5.03. The molecule has 0 unspecified atom stereocenters. The SMILES string of the molecule is CN(C)C(=N)N=C(N)N.Cl.N[C@@H](CC(=O)N1CCn2c(nnc2C(F)(F)F)C1)Cc1cc(F)c(F)cc1F.O.O=P(O)(O)O.